The van der Waals surface area contributed by atoms with Crippen LogP contribution in [0.1, 0.15) is 37.8 Å². The van der Waals surface area contributed by atoms with Gasteiger partial charge in [0.2, 0.25) is 5.88 Å². The standard InChI is InChI=1S/C26H30N6O4/c1-15(2)14-31-24-18(4-8-21(33)30-10-9-17-11-16(12-27)3-7-20(17)30)13-28-32(24)26(36)22(25(31)35)23(34)29-19-5-6-19/h3-4,7-8,11,15,18-19,24,28,35H,5-6,9-10,13-14H2,1-2H3,(H,29,34)/b8-4+. The minimum absolute atomic E-state index is 0.0531. The summed E-state index contributed by atoms with van der Waals surface area (Å²) in [7, 11) is 0. The summed E-state index contributed by atoms with van der Waals surface area (Å²) in [4.78, 5) is 42.4. The van der Waals surface area contributed by atoms with Gasteiger partial charge in [-0.05, 0) is 55.0 Å². The molecule has 188 valence electrons. The zero-order chi connectivity index (χ0) is 25.6. The number of anilines is 1. The lowest BCUT2D eigenvalue weighted by atomic mass is 10.0. The summed E-state index contributed by atoms with van der Waals surface area (Å²) in [5.74, 6) is -1.76. The molecule has 5 rings (SSSR count). The third-order valence-corrected chi connectivity index (χ3v) is 6.95. The molecule has 0 bridgehead atoms. The van der Waals surface area contributed by atoms with Gasteiger partial charge in [0, 0.05) is 37.3 Å². The second kappa shape index (κ2) is 9.32. The van der Waals surface area contributed by atoms with Crippen molar-refractivity contribution in [2.45, 2.75) is 45.3 Å². The molecule has 4 aliphatic rings. The minimum Gasteiger partial charge on any atom is -0.494 e. The van der Waals surface area contributed by atoms with Crippen molar-refractivity contribution in [3.8, 4) is 6.07 Å². The number of carbonyl (C=O) groups is 3. The van der Waals surface area contributed by atoms with E-state index in [9.17, 15) is 19.5 Å². The number of hydrogen-bond donors (Lipinski definition) is 3. The topological polar surface area (TPSA) is 129 Å². The summed E-state index contributed by atoms with van der Waals surface area (Å²) in [6, 6.07) is 7.50. The van der Waals surface area contributed by atoms with E-state index in [0.29, 0.717) is 31.6 Å². The van der Waals surface area contributed by atoms with E-state index < -0.39 is 18.0 Å². The molecular weight excluding hydrogens is 460 g/mol. The van der Waals surface area contributed by atoms with Gasteiger partial charge in [-0.3, -0.25) is 14.4 Å². The van der Waals surface area contributed by atoms with Crippen molar-refractivity contribution in [3.63, 3.8) is 0 Å². The summed E-state index contributed by atoms with van der Waals surface area (Å²) < 4.78 is 0. The number of carbonyl (C=O) groups excluding carboxylic acids is 3. The van der Waals surface area contributed by atoms with Crippen molar-refractivity contribution in [2.24, 2.45) is 11.8 Å². The molecule has 3 N–H and O–H groups in total. The van der Waals surface area contributed by atoms with E-state index in [4.69, 9.17) is 5.26 Å². The van der Waals surface area contributed by atoms with Crippen LogP contribution in [0.3, 0.4) is 0 Å². The van der Waals surface area contributed by atoms with Crippen molar-refractivity contribution in [3.05, 3.63) is 52.9 Å². The van der Waals surface area contributed by atoms with Gasteiger partial charge >= 0.3 is 0 Å². The summed E-state index contributed by atoms with van der Waals surface area (Å²) in [5.41, 5.74) is 5.16. The van der Waals surface area contributed by atoms with Crippen LogP contribution in [0.15, 0.2) is 41.8 Å². The molecule has 2 atom stereocenters. The average Bonchev–Trinajstić information content (AvgIpc) is 3.39. The summed E-state index contributed by atoms with van der Waals surface area (Å²) in [5, 5.41) is 24.4. The normalized spacial score (nSPS) is 23.4. The van der Waals surface area contributed by atoms with Crippen molar-refractivity contribution >= 4 is 23.4 Å². The number of aliphatic hydroxyl groups excluding tert-OH is 1. The maximum atomic E-state index is 13.2. The molecule has 0 radical (unpaired) electrons. The van der Waals surface area contributed by atoms with E-state index in [1.54, 1.807) is 28.0 Å². The van der Waals surface area contributed by atoms with Gasteiger partial charge in [0.05, 0.1) is 11.6 Å². The Bertz CT molecular complexity index is 1210. The quantitative estimate of drug-likeness (QED) is 0.405. The van der Waals surface area contributed by atoms with Crippen LogP contribution >= 0.6 is 0 Å². The van der Waals surface area contributed by atoms with Gasteiger partial charge in [0.25, 0.3) is 17.7 Å². The largest absolute Gasteiger partial charge is 0.494 e. The minimum atomic E-state index is -0.570. The van der Waals surface area contributed by atoms with E-state index in [0.717, 1.165) is 24.1 Å². The van der Waals surface area contributed by atoms with Crippen LogP contribution in [0.5, 0.6) is 0 Å². The summed E-state index contributed by atoms with van der Waals surface area (Å²) in [6.45, 7) is 5.34. The summed E-state index contributed by atoms with van der Waals surface area (Å²) >= 11 is 0. The van der Waals surface area contributed by atoms with Crippen LogP contribution in [-0.2, 0) is 20.8 Å². The molecule has 0 aromatic heterocycles. The first-order valence-electron chi connectivity index (χ1n) is 12.4. The number of fused-ring (bicyclic) bond motifs is 2. The molecule has 0 spiro atoms. The predicted molar refractivity (Wildman–Crippen MR) is 131 cm³/mol. The number of amides is 3. The third-order valence-electron chi connectivity index (χ3n) is 6.95. The van der Waals surface area contributed by atoms with Gasteiger partial charge in [-0.25, -0.2) is 10.4 Å². The Morgan fingerprint density at radius 3 is 2.81 bits per heavy atom. The first-order valence-corrected chi connectivity index (χ1v) is 12.4. The lowest BCUT2D eigenvalue weighted by molar-refractivity contribution is -0.142. The number of aliphatic hydroxyl groups is 1. The SMILES string of the molecule is CC(C)CN1C(O)=C(C(=O)NC2CC2)C(=O)N2NCC(/C=C/C(=O)N3CCc4cc(C#N)ccc43)C12. The molecule has 2 fully saturated rings. The van der Waals surface area contributed by atoms with Gasteiger partial charge in [-0.2, -0.15) is 5.26 Å². The number of nitrogens with zero attached hydrogens (tertiary/aromatic N) is 4. The van der Waals surface area contributed by atoms with E-state index >= 15 is 0 Å². The Labute approximate surface area is 209 Å². The lowest BCUT2D eigenvalue weighted by Crippen LogP contribution is -2.59. The molecule has 1 aromatic rings. The number of rotatable bonds is 6. The van der Waals surface area contributed by atoms with E-state index in [2.05, 4.69) is 16.8 Å². The van der Waals surface area contributed by atoms with E-state index in [1.807, 2.05) is 19.9 Å². The molecule has 1 saturated carbocycles. The Kier molecular flexibility index (Phi) is 6.18. The van der Waals surface area contributed by atoms with Crippen molar-refractivity contribution in [2.75, 3.05) is 24.5 Å². The summed E-state index contributed by atoms with van der Waals surface area (Å²) in [6.07, 6.45) is 5.15. The van der Waals surface area contributed by atoms with Gasteiger partial charge in [0.15, 0.2) is 5.57 Å². The maximum Gasteiger partial charge on any atom is 0.280 e. The van der Waals surface area contributed by atoms with Crippen LogP contribution in [0.25, 0.3) is 0 Å². The molecule has 36 heavy (non-hydrogen) atoms. The highest BCUT2D eigenvalue weighted by atomic mass is 16.3. The maximum absolute atomic E-state index is 13.2. The highest BCUT2D eigenvalue weighted by Crippen LogP contribution is 2.33. The molecule has 1 saturated heterocycles. The second-order valence-corrected chi connectivity index (χ2v) is 10.2. The first kappa shape index (κ1) is 23.9. The zero-order valence-electron chi connectivity index (χ0n) is 20.4. The Morgan fingerprint density at radius 1 is 1.33 bits per heavy atom. The van der Waals surface area contributed by atoms with Crippen LogP contribution in [-0.4, -0.2) is 64.6 Å². The monoisotopic (exact) mass is 490 g/mol. The molecule has 1 aliphatic carbocycles. The predicted octanol–water partition coefficient (Wildman–Crippen LogP) is 1.31. The molecule has 2 unspecified atom stereocenters. The number of nitriles is 1. The number of nitrogens with one attached hydrogen (secondary N) is 2. The highest BCUT2D eigenvalue weighted by Gasteiger charge is 2.49. The second-order valence-electron chi connectivity index (χ2n) is 10.2. The smallest absolute Gasteiger partial charge is 0.280 e. The fourth-order valence-electron chi connectivity index (χ4n) is 5.08. The van der Waals surface area contributed by atoms with Crippen molar-refractivity contribution in [1.29, 1.82) is 5.26 Å². The third kappa shape index (κ3) is 4.31. The molecule has 3 amide bonds. The lowest BCUT2D eigenvalue weighted by Gasteiger charge is -2.42. The van der Waals surface area contributed by atoms with Gasteiger partial charge in [-0.1, -0.05) is 19.9 Å². The van der Waals surface area contributed by atoms with Gasteiger partial charge in [0.1, 0.15) is 6.17 Å². The Balaban J connectivity index is 1.37. The van der Waals surface area contributed by atoms with E-state index in [-0.39, 0.29) is 35.2 Å². The molecular formula is C26H30N6O4. The Morgan fingerprint density at radius 2 is 2.11 bits per heavy atom. The highest BCUT2D eigenvalue weighted by molar-refractivity contribution is 6.19. The first-order chi connectivity index (χ1) is 17.3. The zero-order valence-corrected chi connectivity index (χ0v) is 20.4. The fourth-order valence-corrected chi connectivity index (χ4v) is 5.08. The number of benzene rings is 1. The fraction of sp³-hybridized carbons (Fsp3) is 0.462. The van der Waals surface area contributed by atoms with Crippen LogP contribution in [0, 0.1) is 23.2 Å². The molecule has 10 heteroatoms. The van der Waals surface area contributed by atoms with Gasteiger partial charge in [-0.15, -0.1) is 0 Å². The van der Waals surface area contributed by atoms with Crippen molar-refractivity contribution < 1.29 is 19.5 Å². The van der Waals surface area contributed by atoms with Crippen LogP contribution in [0.2, 0.25) is 0 Å². The van der Waals surface area contributed by atoms with Crippen molar-refractivity contribution in [1.82, 2.24) is 20.7 Å². The number of hydrazine groups is 1. The van der Waals surface area contributed by atoms with Crippen LogP contribution in [0.4, 0.5) is 5.69 Å². The molecule has 1 aromatic carbocycles. The Hall–Kier alpha value is -3.84. The van der Waals surface area contributed by atoms with Gasteiger partial charge < -0.3 is 20.2 Å². The average molecular weight is 491 g/mol. The number of hydrogen-bond acceptors (Lipinski definition) is 7. The molecule has 3 heterocycles. The van der Waals surface area contributed by atoms with E-state index in [1.165, 1.54) is 11.1 Å². The van der Waals surface area contributed by atoms with Crippen LogP contribution < -0.4 is 15.6 Å². The molecule has 3 aliphatic heterocycles. The molecule has 10 nitrogen and oxygen atoms in total.